The fraction of sp³-hybridized carbons (Fsp3) is 0.211. The van der Waals surface area contributed by atoms with Crippen molar-refractivity contribution in [2.24, 2.45) is 0 Å². The third-order valence-electron chi connectivity index (χ3n) is 3.48. The van der Waals surface area contributed by atoms with E-state index in [1.807, 2.05) is 31.2 Å². The lowest BCUT2D eigenvalue weighted by Crippen LogP contribution is -2.33. The number of rotatable bonds is 6. The smallest absolute Gasteiger partial charge is 0.337 e. The molecule has 130 valence electrons. The number of hydrogen-bond acceptors (Lipinski definition) is 4. The van der Waals surface area contributed by atoms with Crippen LogP contribution in [0.25, 0.3) is 0 Å². The minimum Gasteiger partial charge on any atom is -0.465 e. The number of anilines is 1. The Morgan fingerprint density at radius 2 is 1.72 bits per heavy atom. The Morgan fingerprint density at radius 1 is 1.00 bits per heavy atom. The largest absolute Gasteiger partial charge is 0.465 e. The highest BCUT2D eigenvalue weighted by Crippen LogP contribution is 2.10. The predicted octanol–water partition coefficient (Wildman–Crippen LogP) is 2.08. The first kappa shape index (κ1) is 18.2. The van der Waals surface area contributed by atoms with Gasteiger partial charge in [-0.3, -0.25) is 9.59 Å². The van der Waals surface area contributed by atoms with Gasteiger partial charge in [0.05, 0.1) is 25.6 Å². The van der Waals surface area contributed by atoms with E-state index in [1.165, 1.54) is 7.11 Å². The molecule has 0 aliphatic heterocycles. The number of benzene rings is 2. The molecule has 0 aliphatic rings. The van der Waals surface area contributed by atoms with Gasteiger partial charge in [0, 0.05) is 5.69 Å². The van der Waals surface area contributed by atoms with Gasteiger partial charge >= 0.3 is 5.97 Å². The van der Waals surface area contributed by atoms with Crippen LogP contribution in [0.2, 0.25) is 0 Å². The second-order valence-corrected chi connectivity index (χ2v) is 5.56. The third-order valence-corrected chi connectivity index (χ3v) is 3.48. The zero-order valence-corrected chi connectivity index (χ0v) is 14.2. The summed E-state index contributed by atoms with van der Waals surface area (Å²) in [4.78, 5) is 35.1. The Balaban J connectivity index is 1.80. The normalized spacial score (nSPS) is 10.0. The van der Waals surface area contributed by atoms with Crippen molar-refractivity contribution in [2.45, 2.75) is 13.3 Å². The van der Waals surface area contributed by atoms with Gasteiger partial charge in [0.25, 0.3) is 0 Å². The second kappa shape index (κ2) is 8.63. The van der Waals surface area contributed by atoms with E-state index in [0.717, 1.165) is 11.1 Å². The number of carbonyl (C=O) groups excluding carboxylic acids is 3. The summed E-state index contributed by atoms with van der Waals surface area (Å²) >= 11 is 0. The number of nitrogens with one attached hydrogen (secondary N) is 2. The lowest BCUT2D eigenvalue weighted by Gasteiger charge is -2.08. The Hall–Kier alpha value is -3.15. The van der Waals surface area contributed by atoms with Crippen molar-refractivity contribution < 1.29 is 19.1 Å². The molecule has 2 N–H and O–H groups in total. The van der Waals surface area contributed by atoms with E-state index in [-0.39, 0.29) is 24.8 Å². The van der Waals surface area contributed by atoms with Crippen molar-refractivity contribution in [1.29, 1.82) is 0 Å². The van der Waals surface area contributed by atoms with E-state index in [1.54, 1.807) is 24.3 Å². The Bertz CT molecular complexity index is 769. The molecule has 0 saturated heterocycles. The summed E-state index contributed by atoms with van der Waals surface area (Å²) < 4.78 is 4.60. The standard InChI is InChI=1S/C19H20N2O4/c1-13-4-3-5-14(10-13)11-17(22)20-12-18(23)21-16-8-6-15(7-9-16)19(24)25-2/h3-10H,11-12H2,1-2H3,(H,20,22)(H,21,23). The minimum absolute atomic E-state index is 0.122. The predicted molar refractivity (Wildman–Crippen MR) is 94.3 cm³/mol. The molecular weight excluding hydrogens is 320 g/mol. The maximum absolute atomic E-state index is 11.9. The molecule has 6 nitrogen and oxygen atoms in total. The summed E-state index contributed by atoms with van der Waals surface area (Å²) in [7, 11) is 1.30. The molecule has 2 aromatic carbocycles. The lowest BCUT2D eigenvalue weighted by molar-refractivity contribution is -0.123. The van der Waals surface area contributed by atoms with Gasteiger partial charge in [-0.25, -0.2) is 4.79 Å². The highest BCUT2D eigenvalue weighted by atomic mass is 16.5. The van der Waals surface area contributed by atoms with Crippen LogP contribution in [-0.4, -0.2) is 31.4 Å². The highest BCUT2D eigenvalue weighted by Gasteiger charge is 2.08. The Morgan fingerprint density at radius 3 is 2.36 bits per heavy atom. The van der Waals surface area contributed by atoms with Crippen LogP contribution in [0, 0.1) is 6.92 Å². The fourth-order valence-electron chi connectivity index (χ4n) is 2.26. The van der Waals surface area contributed by atoms with Gasteiger partial charge in [0.15, 0.2) is 0 Å². The Labute approximate surface area is 146 Å². The maximum atomic E-state index is 11.9. The first-order valence-corrected chi connectivity index (χ1v) is 7.78. The first-order chi connectivity index (χ1) is 12.0. The topological polar surface area (TPSA) is 84.5 Å². The van der Waals surface area contributed by atoms with Crippen LogP contribution in [0.4, 0.5) is 5.69 Å². The number of ether oxygens (including phenoxy) is 1. The molecule has 0 aromatic heterocycles. The van der Waals surface area contributed by atoms with Gasteiger partial charge in [-0.05, 0) is 36.8 Å². The summed E-state index contributed by atoms with van der Waals surface area (Å²) in [5.41, 5.74) is 2.91. The van der Waals surface area contributed by atoms with Crippen molar-refractivity contribution in [3.63, 3.8) is 0 Å². The van der Waals surface area contributed by atoms with Crippen molar-refractivity contribution in [3.05, 3.63) is 65.2 Å². The molecule has 2 rings (SSSR count). The van der Waals surface area contributed by atoms with Crippen LogP contribution < -0.4 is 10.6 Å². The fourth-order valence-corrected chi connectivity index (χ4v) is 2.26. The SMILES string of the molecule is COC(=O)c1ccc(NC(=O)CNC(=O)Cc2cccc(C)c2)cc1. The monoisotopic (exact) mass is 340 g/mol. The van der Waals surface area contributed by atoms with E-state index < -0.39 is 5.97 Å². The number of aryl methyl sites for hydroxylation is 1. The summed E-state index contributed by atoms with van der Waals surface area (Å²) in [6, 6.07) is 14.0. The average Bonchev–Trinajstić information content (AvgIpc) is 2.60. The number of carbonyl (C=O) groups is 3. The summed E-state index contributed by atoms with van der Waals surface area (Å²) in [6.07, 6.45) is 0.225. The van der Waals surface area contributed by atoms with E-state index in [9.17, 15) is 14.4 Å². The second-order valence-electron chi connectivity index (χ2n) is 5.56. The molecule has 2 amide bonds. The zero-order valence-electron chi connectivity index (χ0n) is 14.2. The van der Waals surface area contributed by atoms with Crippen LogP contribution in [0.3, 0.4) is 0 Å². The quantitative estimate of drug-likeness (QED) is 0.789. The molecule has 0 heterocycles. The van der Waals surface area contributed by atoms with Gasteiger partial charge < -0.3 is 15.4 Å². The number of amides is 2. The van der Waals surface area contributed by atoms with E-state index in [0.29, 0.717) is 11.3 Å². The lowest BCUT2D eigenvalue weighted by atomic mass is 10.1. The molecular formula is C19H20N2O4. The van der Waals surface area contributed by atoms with E-state index >= 15 is 0 Å². The van der Waals surface area contributed by atoms with Crippen LogP contribution >= 0.6 is 0 Å². The van der Waals surface area contributed by atoms with E-state index in [4.69, 9.17) is 0 Å². The van der Waals surface area contributed by atoms with E-state index in [2.05, 4.69) is 15.4 Å². The average molecular weight is 340 g/mol. The molecule has 0 unspecified atom stereocenters. The third kappa shape index (κ3) is 5.76. The molecule has 0 aliphatic carbocycles. The minimum atomic E-state index is -0.443. The Kier molecular flexibility index (Phi) is 6.28. The van der Waals surface area contributed by atoms with Crippen molar-refractivity contribution >= 4 is 23.5 Å². The molecule has 25 heavy (non-hydrogen) atoms. The first-order valence-electron chi connectivity index (χ1n) is 7.78. The molecule has 0 radical (unpaired) electrons. The summed E-state index contributed by atoms with van der Waals surface area (Å²) in [5.74, 6) is -1.01. The maximum Gasteiger partial charge on any atom is 0.337 e. The van der Waals surface area contributed by atoms with Gasteiger partial charge in [0.1, 0.15) is 0 Å². The molecule has 0 atom stereocenters. The molecule has 6 heteroatoms. The van der Waals surface area contributed by atoms with Crippen molar-refractivity contribution in [3.8, 4) is 0 Å². The van der Waals surface area contributed by atoms with Crippen molar-refractivity contribution in [2.75, 3.05) is 19.0 Å². The van der Waals surface area contributed by atoms with Gasteiger partial charge in [-0.2, -0.15) is 0 Å². The number of hydrogen-bond donors (Lipinski definition) is 2. The molecule has 2 aromatic rings. The van der Waals surface area contributed by atoms with Crippen LogP contribution in [0.1, 0.15) is 21.5 Å². The molecule has 0 bridgehead atoms. The van der Waals surface area contributed by atoms with Gasteiger partial charge in [-0.15, -0.1) is 0 Å². The van der Waals surface area contributed by atoms with Gasteiger partial charge in [0.2, 0.25) is 11.8 Å². The number of methoxy groups -OCH3 is 1. The van der Waals surface area contributed by atoms with Gasteiger partial charge in [-0.1, -0.05) is 29.8 Å². The summed E-state index contributed by atoms with van der Waals surface area (Å²) in [6.45, 7) is 1.84. The molecule has 0 saturated carbocycles. The summed E-state index contributed by atoms with van der Waals surface area (Å²) in [5, 5.41) is 5.23. The highest BCUT2D eigenvalue weighted by molar-refractivity contribution is 5.95. The van der Waals surface area contributed by atoms with Crippen LogP contribution in [0.15, 0.2) is 48.5 Å². The van der Waals surface area contributed by atoms with Crippen molar-refractivity contribution in [1.82, 2.24) is 5.32 Å². The molecule has 0 spiro atoms. The van der Waals surface area contributed by atoms with Crippen LogP contribution in [-0.2, 0) is 20.7 Å². The zero-order chi connectivity index (χ0) is 18.2. The molecule has 0 fully saturated rings. The number of esters is 1. The van der Waals surface area contributed by atoms with Crippen LogP contribution in [0.5, 0.6) is 0 Å².